The van der Waals surface area contributed by atoms with Crippen molar-refractivity contribution < 1.29 is 20.3 Å². The first-order chi connectivity index (χ1) is 0. The van der Waals surface area contributed by atoms with Crippen LogP contribution in [0.1, 0.15) is 1.43 Å². The fourth-order valence-electron chi connectivity index (χ4n) is 0. The van der Waals surface area contributed by atoms with E-state index in [0.717, 1.165) is 0 Å². The molecule has 0 rings (SSSR count). The van der Waals surface area contributed by atoms with Crippen LogP contribution in [0.25, 0.3) is 0 Å². The van der Waals surface area contributed by atoms with Gasteiger partial charge in [0.15, 0.2) is 0 Å². The monoisotopic (exact) mass is 204 g/mol. The van der Waals surface area contributed by atoms with E-state index in [-0.39, 0.29) is 67.7 Å². The van der Waals surface area contributed by atoms with Gasteiger partial charge in [-0.1, -0.05) is 0 Å². The van der Waals surface area contributed by atoms with Gasteiger partial charge in [-0.3, -0.25) is 0 Å². The number of hydrogen-bond acceptors (Lipinski definition) is 0. The summed E-state index contributed by atoms with van der Waals surface area (Å²) in [5.41, 5.74) is 0. The Kier molecular flexibility index (Phi) is 174. The summed E-state index contributed by atoms with van der Waals surface area (Å²) in [7, 11) is 0. The molecule has 0 bridgehead atoms. The minimum absolute atomic E-state index is 0. The molecule has 0 fully saturated rings. The predicted molar refractivity (Wildman–Crippen MR) is 38.0 cm³/mol. The fraction of sp³-hybridized carbons (Fsp3) is 0. The molecule has 1 unspecified atom stereocenters. The minimum atomic E-state index is 0. The van der Waals surface area contributed by atoms with Crippen LogP contribution >= 0.6 is 47.4 Å². The summed E-state index contributed by atoms with van der Waals surface area (Å²) < 4.78 is 0. The summed E-state index contributed by atoms with van der Waals surface area (Å²) in [4.78, 5) is 0. The van der Waals surface area contributed by atoms with Gasteiger partial charge in [-0.2, -0.15) is 23.4 Å². The van der Waals surface area contributed by atoms with Crippen LogP contribution in [-0.2, 0) is 0 Å². The van der Waals surface area contributed by atoms with Crippen molar-refractivity contribution in [2.24, 2.45) is 0 Å². The molecular formula is H7ILiPS. The van der Waals surface area contributed by atoms with Crippen molar-refractivity contribution >= 4 is 47.4 Å². The van der Waals surface area contributed by atoms with Gasteiger partial charge in [0.05, 0.1) is 0 Å². The van der Waals surface area contributed by atoms with E-state index in [9.17, 15) is 0 Å². The Morgan fingerprint density at radius 1 is 1.25 bits per heavy atom. The number of hydrogen-bond donors (Lipinski definition) is 0. The van der Waals surface area contributed by atoms with E-state index in [4.69, 9.17) is 0 Å². The minimum Gasteiger partial charge on any atom is -1.00 e. The molecule has 4 heavy (non-hydrogen) atoms. The molecule has 0 aromatic rings. The van der Waals surface area contributed by atoms with Crippen molar-refractivity contribution in [1.29, 1.82) is 0 Å². The Morgan fingerprint density at radius 2 is 1.25 bits per heavy atom. The van der Waals surface area contributed by atoms with Crippen molar-refractivity contribution in [2.45, 2.75) is 0 Å². The second-order valence-electron chi connectivity index (χ2n) is 0. The van der Waals surface area contributed by atoms with Crippen LogP contribution in [0.5, 0.6) is 0 Å². The predicted octanol–water partition coefficient (Wildman–Crippen LogP) is -2.09. The molecule has 0 aliphatic heterocycles. The van der Waals surface area contributed by atoms with Gasteiger partial charge < -0.3 is 1.43 Å². The molecule has 0 heterocycles. The molecule has 0 N–H and O–H groups in total. The standard InChI is InChI=1S/HI.Li.H3P.H2S.H/h1H;;1H3;1H2;/q;+1;;;-1. The van der Waals surface area contributed by atoms with E-state index in [0.29, 0.717) is 0 Å². The Labute approximate surface area is 67.2 Å². The topological polar surface area (TPSA) is 0 Å². The molecule has 0 saturated heterocycles. The van der Waals surface area contributed by atoms with Gasteiger partial charge in [0.25, 0.3) is 0 Å². The Hall–Kier alpha value is 2.11. The van der Waals surface area contributed by atoms with E-state index in [2.05, 4.69) is 0 Å². The SMILES string of the molecule is I.P.S.[H-].[Li+]. The van der Waals surface area contributed by atoms with Crippen molar-refractivity contribution in [3.63, 3.8) is 0 Å². The van der Waals surface area contributed by atoms with Crippen LogP contribution < -0.4 is 18.9 Å². The van der Waals surface area contributed by atoms with Crippen LogP contribution in [0.2, 0.25) is 0 Å². The average Bonchev–Trinajstić information content (AvgIpc) is 0. The van der Waals surface area contributed by atoms with Crippen LogP contribution in [-0.4, -0.2) is 0 Å². The summed E-state index contributed by atoms with van der Waals surface area (Å²) in [6.07, 6.45) is 0. The maximum atomic E-state index is 0. The molecule has 0 aliphatic carbocycles. The smallest absolute Gasteiger partial charge is 1.00 e. The third-order valence-electron chi connectivity index (χ3n) is 0. The number of rotatable bonds is 0. The molecule has 0 aromatic carbocycles. The quantitative estimate of drug-likeness (QED) is 0.241. The maximum absolute atomic E-state index is 0. The van der Waals surface area contributed by atoms with Crippen molar-refractivity contribution in [1.82, 2.24) is 0 Å². The first-order valence-electron chi connectivity index (χ1n) is 0. The second kappa shape index (κ2) is 19.4. The normalized spacial score (nSPS) is 0. The van der Waals surface area contributed by atoms with Gasteiger partial charge >= 0.3 is 18.9 Å². The zero-order chi connectivity index (χ0) is 0. The molecule has 0 amide bonds. The zero-order valence-corrected chi connectivity index (χ0v) is 7.36. The third kappa shape index (κ3) is 8.93. The largest absolute Gasteiger partial charge is 1.00 e. The van der Waals surface area contributed by atoms with E-state index < -0.39 is 0 Å². The summed E-state index contributed by atoms with van der Waals surface area (Å²) >= 11 is 0. The molecule has 0 aliphatic rings. The Balaban J connectivity index is 0. The molecule has 0 radical (unpaired) electrons. The Morgan fingerprint density at radius 3 is 1.25 bits per heavy atom. The summed E-state index contributed by atoms with van der Waals surface area (Å²) in [6, 6.07) is 0. The average molecular weight is 204 g/mol. The second-order valence-corrected chi connectivity index (χ2v) is 0. The van der Waals surface area contributed by atoms with E-state index in [1.165, 1.54) is 0 Å². The molecule has 4 heteroatoms. The first-order valence-corrected chi connectivity index (χ1v) is 0. The molecule has 0 spiro atoms. The van der Waals surface area contributed by atoms with Crippen molar-refractivity contribution in [3.05, 3.63) is 0 Å². The molecule has 0 saturated carbocycles. The molecule has 0 nitrogen and oxygen atoms in total. The maximum Gasteiger partial charge on any atom is 1.00 e. The van der Waals surface area contributed by atoms with Crippen molar-refractivity contribution in [2.75, 3.05) is 0 Å². The van der Waals surface area contributed by atoms with E-state index in [1.54, 1.807) is 0 Å². The summed E-state index contributed by atoms with van der Waals surface area (Å²) in [5.74, 6) is 0. The van der Waals surface area contributed by atoms with Crippen molar-refractivity contribution in [3.8, 4) is 0 Å². The molecule has 26 valence electrons. The van der Waals surface area contributed by atoms with Gasteiger partial charge in [0.2, 0.25) is 0 Å². The molecule has 1 atom stereocenters. The molecule has 0 aromatic heterocycles. The van der Waals surface area contributed by atoms with Gasteiger partial charge in [-0.15, -0.1) is 24.0 Å². The van der Waals surface area contributed by atoms with Crippen LogP contribution in [0, 0.1) is 0 Å². The van der Waals surface area contributed by atoms with Gasteiger partial charge in [-0.25, -0.2) is 0 Å². The number of halogens is 1. The fourth-order valence-corrected chi connectivity index (χ4v) is 0. The van der Waals surface area contributed by atoms with Gasteiger partial charge in [0, 0.05) is 0 Å². The van der Waals surface area contributed by atoms with Crippen LogP contribution in [0.3, 0.4) is 0 Å². The third-order valence-corrected chi connectivity index (χ3v) is 0. The van der Waals surface area contributed by atoms with Gasteiger partial charge in [0.1, 0.15) is 0 Å². The van der Waals surface area contributed by atoms with Gasteiger partial charge in [-0.05, 0) is 0 Å². The Bertz CT molecular complexity index is 11.6. The summed E-state index contributed by atoms with van der Waals surface area (Å²) in [6.45, 7) is 0. The summed E-state index contributed by atoms with van der Waals surface area (Å²) in [5, 5.41) is 0. The van der Waals surface area contributed by atoms with Crippen LogP contribution in [0.15, 0.2) is 0 Å². The first kappa shape index (κ1) is 35.9. The molecular weight excluding hydrogens is 197 g/mol. The zero-order valence-electron chi connectivity index (χ0n) is 3.62. The van der Waals surface area contributed by atoms with E-state index in [1.807, 2.05) is 0 Å². The van der Waals surface area contributed by atoms with E-state index >= 15 is 0 Å². The van der Waals surface area contributed by atoms with Crippen LogP contribution in [0.4, 0.5) is 0 Å².